The van der Waals surface area contributed by atoms with E-state index >= 15 is 0 Å². The first-order chi connectivity index (χ1) is 14.0. The van der Waals surface area contributed by atoms with Crippen LogP contribution in [0.4, 0.5) is 0 Å². The summed E-state index contributed by atoms with van der Waals surface area (Å²) in [4.78, 5) is 38.9. The van der Waals surface area contributed by atoms with Gasteiger partial charge in [0.2, 0.25) is 6.10 Å². The number of benzene rings is 2. The Morgan fingerprint density at radius 3 is 1.93 bits per heavy atom. The van der Waals surface area contributed by atoms with Crippen molar-refractivity contribution in [3.63, 3.8) is 0 Å². The summed E-state index contributed by atoms with van der Waals surface area (Å²) in [5, 5.41) is 0. The van der Waals surface area contributed by atoms with Crippen LogP contribution in [0.2, 0.25) is 0 Å². The van der Waals surface area contributed by atoms with Gasteiger partial charge in [-0.15, -0.1) is 0 Å². The summed E-state index contributed by atoms with van der Waals surface area (Å²) < 4.78 is 15.6. The van der Waals surface area contributed by atoms with Crippen LogP contribution >= 0.6 is 0 Å². The van der Waals surface area contributed by atoms with Crippen LogP contribution < -0.4 is 4.74 Å². The van der Waals surface area contributed by atoms with Crippen molar-refractivity contribution in [2.75, 3.05) is 27.3 Å². The molecule has 0 spiro atoms. The third-order valence-corrected chi connectivity index (χ3v) is 4.75. The van der Waals surface area contributed by atoms with Gasteiger partial charge in [-0.2, -0.15) is 0 Å². The highest BCUT2D eigenvalue weighted by Crippen LogP contribution is 2.28. The van der Waals surface area contributed by atoms with E-state index in [-0.39, 0.29) is 22.8 Å². The molecule has 0 N–H and O–H groups in total. The molecule has 7 heteroatoms. The monoisotopic (exact) mass is 397 g/mol. The van der Waals surface area contributed by atoms with E-state index in [1.54, 1.807) is 4.90 Å². The zero-order chi connectivity index (χ0) is 20.8. The number of esters is 2. The molecule has 2 aromatic rings. The predicted octanol–water partition coefficient (Wildman–Crippen LogP) is 3.00. The van der Waals surface area contributed by atoms with Crippen LogP contribution in [-0.2, 0) is 14.3 Å². The number of rotatable bonds is 6. The lowest BCUT2D eigenvalue weighted by molar-refractivity contribution is -0.137. The molecule has 2 aromatic carbocycles. The number of methoxy groups -OCH3 is 2. The average Bonchev–Trinajstić information content (AvgIpc) is 3.31. The Labute approximate surface area is 169 Å². The first-order valence-corrected chi connectivity index (χ1v) is 9.35. The summed E-state index contributed by atoms with van der Waals surface area (Å²) in [5.74, 6) is -1.20. The molecule has 1 atom stereocenters. The minimum atomic E-state index is -0.896. The molecule has 152 valence electrons. The smallest absolute Gasteiger partial charge is 0.338 e. The van der Waals surface area contributed by atoms with Crippen molar-refractivity contribution in [3.8, 4) is 5.75 Å². The van der Waals surface area contributed by atoms with Crippen LogP contribution in [0, 0.1) is 0 Å². The molecule has 1 amide bonds. The molecule has 1 heterocycles. The molecule has 0 aromatic heterocycles. The van der Waals surface area contributed by atoms with Crippen LogP contribution in [0.15, 0.2) is 48.5 Å². The molecule has 0 radical (unpaired) electrons. The molecule has 0 aliphatic carbocycles. The molecule has 1 aliphatic heterocycles. The Balaban J connectivity index is 1.98. The number of carbonyl (C=O) groups excluding carboxylic acids is 3. The van der Waals surface area contributed by atoms with Crippen molar-refractivity contribution in [2.45, 2.75) is 18.9 Å². The number of ether oxygens (including phenoxy) is 3. The van der Waals surface area contributed by atoms with Crippen LogP contribution in [0.25, 0.3) is 0 Å². The molecule has 0 bridgehead atoms. The maximum Gasteiger partial charge on any atom is 0.338 e. The molecular weight excluding hydrogens is 374 g/mol. The van der Waals surface area contributed by atoms with Crippen molar-refractivity contribution < 1.29 is 28.6 Å². The largest absolute Gasteiger partial charge is 0.476 e. The van der Waals surface area contributed by atoms with Crippen molar-refractivity contribution in [3.05, 3.63) is 65.2 Å². The first kappa shape index (κ1) is 20.4. The molecular formula is C22H23NO6. The van der Waals surface area contributed by atoms with Crippen LogP contribution in [0.3, 0.4) is 0 Å². The fraction of sp³-hybridized carbons (Fsp3) is 0.318. The van der Waals surface area contributed by atoms with E-state index in [1.807, 2.05) is 30.3 Å². The van der Waals surface area contributed by atoms with Gasteiger partial charge >= 0.3 is 11.9 Å². The van der Waals surface area contributed by atoms with Gasteiger partial charge < -0.3 is 19.1 Å². The van der Waals surface area contributed by atoms with Crippen LogP contribution in [-0.4, -0.2) is 50.1 Å². The summed E-state index contributed by atoms with van der Waals surface area (Å²) >= 11 is 0. The zero-order valence-electron chi connectivity index (χ0n) is 16.4. The molecule has 1 aliphatic rings. The number of hydrogen-bond acceptors (Lipinski definition) is 6. The lowest BCUT2D eigenvalue weighted by Crippen LogP contribution is -2.35. The summed E-state index contributed by atoms with van der Waals surface area (Å²) in [6, 6.07) is 13.4. The summed E-state index contributed by atoms with van der Waals surface area (Å²) in [7, 11) is 2.49. The zero-order valence-corrected chi connectivity index (χ0v) is 16.4. The fourth-order valence-electron chi connectivity index (χ4n) is 3.27. The van der Waals surface area contributed by atoms with E-state index in [4.69, 9.17) is 14.2 Å². The average molecular weight is 397 g/mol. The summed E-state index contributed by atoms with van der Waals surface area (Å²) in [6.45, 7) is 1.36. The highest BCUT2D eigenvalue weighted by atomic mass is 16.5. The summed E-state index contributed by atoms with van der Waals surface area (Å²) in [5.41, 5.74) is 0.948. The molecule has 1 saturated heterocycles. The van der Waals surface area contributed by atoms with E-state index in [0.717, 1.165) is 12.8 Å². The second kappa shape index (κ2) is 9.23. The van der Waals surface area contributed by atoms with E-state index < -0.39 is 18.0 Å². The maximum absolute atomic E-state index is 13.1. The van der Waals surface area contributed by atoms with Gasteiger partial charge in [-0.05, 0) is 31.0 Å². The fourth-order valence-corrected chi connectivity index (χ4v) is 3.27. The van der Waals surface area contributed by atoms with Gasteiger partial charge in [0.1, 0.15) is 5.75 Å². The van der Waals surface area contributed by atoms with Crippen molar-refractivity contribution in [1.82, 2.24) is 4.90 Å². The van der Waals surface area contributed by atoms with Crippen LogP contribution in [0.1, 0.15) is 45.2 Å². The van der Waals surface area contributed by atoms with Crippen molar-refractivity contribution in [1.29, 1.82) is 0 Å². The topological polar surface area (TPSA) is 82.1 Å². The Hall–Kier alpha value is -3.35. The lowest BCUT2D eigenvalue weighted by atomic mass is 10.1. The first-order valence-electron chi connectivity index (χ1n) is 9.35. The van der Waals surface area contributed by atoms with Gasteiger partial charge in [0, 0.05) is 18.7 Å². The Morgan fingerprint density at radius 2 is 1.41 bits per heavy atom. The van der Waals surface area contributed by atoms with Gasteiger partial charge in [0.25, 0.3) is 5.91 Å². The third-order valence-electron chi connectivity index (χ3n) is 4.75. The second-order valence-corrected chi connectivity index (χ2v) is 6.67. The Bertz CT molecular complexity index is 855. The minimum absolute atomic E-state index is 0.130. The number of nitrogens with zero attached hydrogens (tertiary/aromatic N) is 1. The highest BCUT2D eigenvalue weighted by Gasteiger charge is 2.30. The normalized spacial score (nSPS) is 14.2. The van der Waals surface area contributed by atoms with Gasteiger partial charge in [-0.25, -0.2) is 9.59 Å². The SMILES string of the molecule is COC(=O)c1cc(O[C@H](C(=O)N2CCCC2)c2ccccc2)cc(C(=O)OC)c1. The number of carbonyl (C=O) groups is 3. The Morgan fingerprint density at radius 1 is 0.862 bits per heavy atom. The van der Waals surface area contributed by atoms with Crippen molar-refractivity contribution >= 4 is 17.8 Å². The molecule has 3 rings (SSSR count). The van der Waals surface area contributed by atoms with Gasteiger partial charge in [0.15, 0.2) is 0 Å². The highest BCUT2D eigenvalue weighted by molar-refractivity contribution is 5.96. The summed E-state index contributed by atoms with van der Waals surface area (Å²) in [6.07, 6.45) is 1.02. The molecule has 0 unspecified atom stereocenters. The number of hydrogen-bond donors (Lipinski definition) is 0. The quantitative estimate of drug-likeness (QED) is 0.697. The lowest BCUT2D eigenvalue weighted by Gasteiger charge is -2.24. The third kappa shape index (κ3) is 4.74. The number of likely N-dealkylation sites (tertiary alicyclic amines) is 1. The standard InChI is InChI=1S/C22H23NO6/c1-27-21(25)16-12-17(22(26)28-2)14-18(13-16)29-19(15-8-4-3-5-9-15)20(24)23-10-6-7-11-23/h3-5,8-9,12-14,19H,6-7,10-11H2,1-2H3/t19-/m0/s1. The second-order valence-electron chi connectivity index (χ2n) is 6.67. The minimum Gasteiger partial charge on any atom is -0.476 e. The van der Waals surface area contributed by atoms with Gasteiger partial charge in [0.05, 0.1) is 25.3 Å². The van der Waals surface area contributed by atoms with Crippen LogP contribution in [0.5, 0.6) is 5.75 Å². The van der Waals surface area contributed by atoms with E-state index in [1.165, 1.54) is 32.4 Å². The van der Waals surface area contributed by atoms with E-state index in [2.05, 4.69) is 0 Å². The molecule has 0 saturated carbocycles. The van der Waals surface area contributed by atoms with E-state index in [0.29, 0.717) is 18.7 Å². The van der Waals surface area contributed by atoms with Gasteiger partial charge in [-0.1, -0.05) is 30.3 Å². The maximum atomic E-state index is 13.1. The molecule has 29 heavy (non-hydrogen) atoms. The molecule has 1 fully saturated rings. The number of amides is 1. The van der Waals surface area contributed by atoms with Gasteiger partial charge in [-0.3, -0.25) is 4.79 Å². The molecule has 7 nitrogen and oxygen atoms in total. The van der Waals surface area contributed by atoms with Crippen molar-refractivity contribution in [2.24, 2.45) is 0 Å². The van der Waals surface area contributed by atoms with E-state index in [9.17, 15) is 14.4 Å². The predicted molar refractivity (Wildman–Crippen MR) is 105 cm³/mol. The Kier molecular flexibility index (Phi) is 6.49.